The minimum atomic E-state index is 0.648. The fourth-order valence-corrected chi connectivity index (χ4v) is 1.83. The lowest BCUT2D eigenvalue weighted by molar-refractivity contribution is 0.0206. The van der Waals surface area contributed by atoms with Crippen LogP contribution in [0.15, 0.2) is 0 Å². The summed E-state index contributed by atoms with van der Waals surface area (Å²) in [5.74, 6) is 1.40. The van der Waals surface area contributed by atoms with Crippen LogP contribution in [0.4, 0.5) is 0 Å². The highest BCUT2D eigenvalue weighted by Gasteiger charge is 2.12. The number of nitrogens with one attached hydrogen (secondary N) is 1. The molecule has 0 aromatic carbocycles. The lowest BCUT2D eigenvalue weighted by atomic mass is 9.93. The lowest BCUT2D eigenvalue weighted by Gasteiger charge is -2.21. The Morgan fingerprint density at radius 2 is 1.58 bits per heavy atom. The second-order valence-electron chi connectivity index (χ2n) is 5.21. The third kappa shape index (κ3) is 12.6. The average Bonchev–Trinajstić information content (AvgIpc) is 2.39. The molecule has 0 rings (SSSR count). The molecule has 116 valence electrons. The van der Waals surface area contributed by atoms with E-state index in [0.717, 1.165) is 26.1 Å². The van der Waals surface area contributed by atoms with Crippen molar-refractivity contribution in [2.24, 2.45) is 11.8 Å². The third-order valence-electron chi connectivity index (χ3n) is 3.21. The molecule has 0 aromatic heterocycles. The molecule has 0 aliphatic carbocycles. The fourth-order valence-electron chi connectivity index (χ4n) is 1.83. The van der Waals surface area contributed by atoms with Crippen LogP contribution < -0.4 is 5.32 Å². The summed E-state index contributed by atoms with van der Waals surface area (Å²) in [6, 6.07) is 0. The zero-order chi connectivity index (χ0) is 14.3. The summed E-state index contributed by atoms with van der Waals surface area (Å²) < 4.78 is 15.9. The molecule has 4 nitrogen and oxygen atoms in total. The van der Waals surface area contributed by atoms with Crippen LogP contribution in [0.5, 0.6) is 0 Å². The second-order valence-corrected chi connectivity index (χ2v) is 5.21. The van der Waals surface area contributed by atoms with Crippen LogP contribution in [-0.2, 0) is 14.2 Å². The van der Waals surface area contributed by atoms with Crippen molar-refractivity contribution in [3.05, 3.63) is 0 Å². The summed E-state index contributed by atoms with van der Waals surface area (Å²) in [5.41, 5.74) is 0. The van der Waals surface area contributed by atoms with Crippen molar-refractivity contribution in [2.45, 2.75) is 33.6 Å². The summed E-state index contributed by atoms with van der Waals surface area (Å²) in [6.45, 7) is 12.4. The third-order valence-corrected chi connectivity index (χ3v) is 3.21. The van der Waals surface area contributed by atoms with Gasteiger partial charge in [0.25, 0.3) is 0 Å². The maximum atomic E-state index is 5.61. The molecule has 1 N–H and O–H groups in total. The summed E-state index contributed by atoms with van der Waals surface area (Å²) in [6.07, 6.45) is 2.31. The van der Waals surface area contributed by atoms with Crippen LogP contribution in [0, 0.1) is 11.8 Å². The van der Waals surface area contributed by atoms with Gasteiger partial charge in [-0.1, -0.05) is 20.8 Å². The number of hydrogen-bond donors (Lipinski definition) is 1. The molecule has 0 aromatic rings. The van der Waals surface area contributed by atoms with Gasteiger partial charge in [-0.2, -0.15) is 0 Å². The van der Waals surface area contributed by atoms with Gasteiger partial charge in [0.15, 0.2) is 0 Å². The zero-order valence-electron chi connectivity index (χ0n) is 13.2. The van der Waals surface area contributed by atoms with Gasteiger partial charge in [-0.3, -0.25) is 0 Å². The molecule has 0 aliphatic rings. The number of rotatable bonds is 14. The zero-order valence-corrected chi connectivity index (χ0v) is 13.2. The first kappa shape index (κ1) is 18.8. The lowest BCUT2D eigenvalue weighted by Crippen LogP contribution is -2.28. The molecule has 0 fully saturated rings. The van der Waals surface area contributed by atoms with Gasteiger partial charge in [-0.05, 0) is 37.8 Å². The maximum absolute atomic E-state index is 5.61. The van der Waals surface area contributed by atoms with Gasteiger partial charge in [0.2, 0.25) is 0 Å². The van der Waals surface area contributed by atoms with Crippen LogP contribution in [0.2, 0.25) is 0 Å². The molecule has 0 bridgehead atoms. The summed E-state index contributed by atoms with van der Waals surface area (Å²) in [5, 5.41) is 3.50. The van der Waals surface area contributed by atoms with Crippen LogP contribution in [-0.4, -0.2) is 53.2 Å². The Bertz CT molecular complexity index is 177. The first-order chi connectivity index (χ1) is 9.22. The maximum Gasteiger partial charge on any atom is 0.0701 e. The minimum Gasteiger partial charge on any atom is -0.382 e. The Morgan fingerprint density at radius 3 is 2.16 bits per heavy atom. The molecule has 0 heterocycles. The van der Waals surface area contributed by atoms with E-state index in [0.29, 0.717) is 38.3 Å². The molecule has 1 atom stereocenters. The van der Waals surface area contributed by atoms with E-state index >= 15 is 0 Å². The van der Waals surface area contributed by atoms with Crippen molar-refractivity contribution in [1.82, 2.24) is 5.32 Å². The van der Waals surface area contributed by atoms with Gasteiger partial charge < -0.3 is 19.5 Å². The molecule has 0 amide bonds. The fraction of sp³-hybridized carbons (Fsp3) is 1.00. The van der Waals surface area contributed by atoms with E-state index in [9.17, 15) is 0 Å². The van der Waals surface area contributed by atoms with E-state index in [2.05, 4.69) is 26.1 Å². The highest BCUT2D eigenvalue weighted by Crippen LogP contribution is 2.14. The molecule has 0 spiro atoms. The predicted octanol–water partition coefficient (Wildman–Crippen LogP) is 2.33. The molecule has 0 saturated carbocycles. The molecule has 1 unspecified atom stereocenters. The quantitative estimate of drug-likeness (QED) is 0.494. The molecular weight excluding hydrogens is 242 g/mol. The van der Waals surface area contributed by atoms with E-state index in [4.69, 9.17) is 14.2 Å². The van der Waals surface area contributed by atoms with E-state index in [1.165, 1.54) is 6.42 Å². The van der Waals surface area contributed by atoms with Gasteiger partial charge in [0.1, 0.15) is 0 Å². The van der Waals surface area contributed by atoms with Crippen molar-refractivity contribution < 1.29 is 14.2 Å². The standard InChI is InChI=1S/C15H33NO3/c1-5-7-16-13-15(14(2)3)6-8-18-11-12-19-10-9-17-4/h14-16H,5-13H2,1-4H3. The number of ether oxygens (including phenoxy) is 3. The predicted molar refractivity (Wildman–Crippen MR) is 79.6 cm³/mol. The summed E-state index contributed by atoms with van der Waals surface area (Å²) in [7, 11) is 1.68. The molecule has 19 heavy (non-hydrogen) atoms. The van der Waals surface area contributed by atoms with Crippen molar-refractivity contribution in [1.29, 1.82) is 0 Å². The Balaban J connectivity index is 3.43. The van der Waals surface area contributed by atoms with Gasteiger partial charge in [0.05, 0.1) is 26.4 Å². The van der Waals surface area contributed by atoms with E-state index in [1.54, 1.807) is 7.11 Å². The highest BCUT2D eigenvalue weighted by molar-refractivity contribution is 4.65. The van der Waals surface area contributed by atoms with Crippen LogP contribution in [0.25, 0.3) is 0 Å². The van der Waals surface area contributed by atoms with Gasteiger partial charge in [-0.25, -0.2) is 0 Å². The van der Waals surface area contributed by atoms with Crippen molar-refractivity contribution in [3.8, 4) is 0 Å². The number of hydrogen-bond acceptors (Lipinski definition) is 4. The Kier molecular flexibility index (Phi) is 14.1. The monoisotopic (exact) mass is 275 g/mol. The normalized spacial score (nSPS) is 13.1. The van der Waals surface area contributed by atoms with Crippen molar-refractivity contribution in [3.63, 3.8) is 0 Å². The van der Waals surface area contributed by atoms with Crippen LogP contribution >= 0.6 is 0 Å². The highest BCUT2D eigenvalue weighted by atomic mass is 16.5. The Hall–Kier alpha value is -0.160. The molecule has 0 saturated heterocycles. The van der Waals surface area contributed by atoms with E-state index in [1.807, 2.05) is 0 Å². The molecular formula is C15H33NO3. The number of methoxy groups -OCH3 is 1. The topological polar surface area (TPSA) is 39.7 Å². The Labute approximate surface area is 119 Å². The first-order valence-corrected chi connectivity index (χ1v) is 7.57. The Morgan fingerprint density at radius 1 is 0.947 bits per heavy atom. The van der Waals surface area contributed by atoms with E-state index < -0.39 is 0 Å². The van der Waals surface area contributed by atoms with Crippen molar-refractivity contribution >= 4 is 0 Å². The molecule has 0 aliphatic heterocycles. The SMILES string of the molecule is CCCNCC(CCOCCOCCOC)C(C)C. The summed E-state index contributed by atoms with van der Waals surface area (Å²) >= 11 is 0. The minimum absolute atomic E-state index is 0.648. The summed E-state index contributed by atoms with van der Waals surface area (Å²) in [4.78, 5) is 0. The van der Waals surface area contributed by atoms with Crippen LogP contribution in [0.3, 0.4) is 0 Å². The molecule has 4 heteroatoms. The van der Waals surface area contributed by atoms with Crippen LogP contribution in [0.1, 0.15) is 33.6 Å². The van der Waals surface area contributed by atoms with Gasteiger partial charge >= 0.3 is 0 Å². The first-order valence-electron chi connectivity index (χ1n) is 7.57. The largest absolute Gasteiger partial charge is 0.382 e. The van der Waals surface area contributed by atoms with Gasteiger partial charge in [0, 0.05) is 13.7 Å². The van der Waals surface area contributed by atoms with Gasteiger partial charge in [-0.15, -0.1) is 0 Å². The van der Waals surface area contributed by atoms with E-state index in [-0.39, 0.29) is 0 Å². The average molecular weight is 275 g/mol. The molecule has 0 radical (unpaired) electrons. The second kappa shape index (κ2) is 14.3. The van der Waals surface area contributed by atoms with Crippen molar-refractivity contribution in [2.75, 3.05) is 53.2 Å². The smallest absolute Gasteiger partial charge is 0.0701 e.